The van der Waals surface area contributed by atoms with Gasteiger partial charge >= 0.3 is 6.03 Å². The van der Waals surface area contributed by atoms with Crippen molar-refractivity contribution < 1.29 is 4.79 Å². The normalized spacial score (nSPS) is 21.2. The topological polar surface area (TPSA) is 101 Å². The molecule has 0 spiro atoms. The van der Waals surface area contributed by atoms with Crippen LogP contribution in [0, 0.1) is 12.8 Å². The summed E-state index contributed by atoms with van der Waals surface area (Å²) in [7, 11) is 0. The van der Waals surface area contributed by atoms with E-state index in [-0.39, 0.29) is 17.6 Å². The molecular weight excluding hydrogens is 440 g/mol. The van der Waals surface area contributed by atoms with E-state index in [9.17, 15) is 4.79 Å². The number of benzene rings is 1. The fraction of sp³-hybridized carbons (Fsp3) is 0.435. The second-order valence-electron chi connectivity index (χ2n) is 9.23. The average molecular weight is 465 g/mol. The van der Waals surface area contributed by atoms with E-state index in [4.69, 9.17) is 11.6 Å². The Bertz CT molecular complexity index is 1200. The molecule has 6 rings (SSSR count). The number of nitrogens with one attached hydrogen (secondary N) is 2. The molecule has 1 unspecified atom stereocenters. The second-order valence-corrected chi connectivity index (χ2v) is 9.67. The molecule has 0 radical (unpaired) electrons. The van der Waals surface area contributed by atoms with Crippen molar-refractivity contribution >= 4 is 29.5 Å². The summed E-state index contributed by atoms with van der Waals surface area (Å²) in [6.45, 7) is 3.20. The number of carbonyl (C=O) groups is 1. The Morgan fingerprint density at radius 1 is 1.18 bits per heavy atom. The van der Waals surface area contributed by atoms with Crippen molar-refractivity contribution in [1.82, 2.24) is 29.8 Å². The maximum Gasteiger partial charge on any atom is 0.324 e. The molecule has 1 saturated heterocycles. The van der Waals surface area contributed by atoms with Gasteiger partial charge in [-0.3, -0.25) is 4.90 Å². The Hall–Kier alpha value is -3.20. The first-order valence-electron chi connectivity index (χ1n) is 11.3. The van der Waals surface area contributed by atoms with Gasteiger partial charge in [-0.1, -0.05) is 23.7 Å². The molecule has 0 bridgehead atoms. The van der Waals surface area contributed by atoms with Crippen molar-refractivity contribution in [2.45, 2.75) is 50.7 Å². The minimum atomic E-state index is -0.292. The van der Waals surface area contributed by atoms with Crippen LogP contribution in [0.4, 0.5) is 16.7 Å². The van der Waals surface area contributed by atoms with E-state index in [1.807, 2.05) is 37.5 Å². The maximum absolute atomic E-state index is 12.5. The van der Waals surface area contributed by atoms with Crippen molar-refractivity contribution in [3.63, 3.8) is 0 Å². The lowest BCUT2D eigenvalue weighted by molar-refractivity contribution is 0.251. The minimum Gasteiger partial charge on any atom is -0.343 e. The Morgan fingerprint density at radius 3 is 2.70 bits per heavy atom. The van der Waals surface area contributed by atoms with Gasteiger partial charge in [-0.2, -0.15) is 15.0 Å². The molecular formula is C23H25ClN8O. The average Bonchev–Trinajstić information content (AvgIpc) is 3.70. The van der Waals surface area contributed by atoms with Crippen LogP contribution in [0.15, 0.2) is 36.8 Å². The van der Waals surface area contributed by atoms with Crippen LogP contribution >= 0.6 is 11.6 Å². The summed E-state index contributed by atoms with van der Waals surface area (Å²) in [6, 6.07) is 7.81. The van der Waals surface area contributed by atoms with Crippen molar-refractivity contribution in [3.05, 3.63) is 58.9 Å². The molecule has 1 atom stereocenters. The van der Waals surface area contributed by atoms with Gasteiger partial charge in [0.15, 0.2) is 0 Å². The third-order valence-corrected chi connectivity index (χ3v) is 6.88. The van der Waals surface area contributed by atoms with Crippen molar-refractivity contribution in [2.75, 3.05) is 16.8 Å². The van der Waals surface area contributed by atoms with Crippen LogP contribution in [0.2, 0.25) is 5.02 Å². The minimum absolute atomic E-state index is 0.116. The van der Waals surface area contributed by atoms with Crippen LogP contribution in [0.3, 0.4) is 0 Å². The summed E-state index contributed by atoms with van der Waals surface area (Å²) in [5.74, 6) is 2.01. The molecule has 1 aliphatic heterocycles. The van der Waals surface area contributed by atoms with Crippen molar-refractivity contribution in [3.8, 4) is 0 Å². The molecule has 3 heterocycles. The van der Waals surface area contributed by atoms with Gasteiger partial charge in [0.05, 0.1) is 23.6 Å². The lowest BCUT2D eigenvalue weighted by Crippen LogP contribution is -2.37. The highest BCUT2D eigenvalue weighted by Gasteiger charge is 2.48. The maximum atomic E-state index is 12.5. The van der Waals surface area contributed by atoms with Gasteiger partial charge in [-0.25, -0.2) is 9.78 Å². The number of imidazole rings is 1. The van der Waals surface area contributed by atoms with Crippen LogP contribution < -0.4 is 15.5 Å². The first-order chi connectivity index (χ1) is 16.0. The number of anilines is 2. The van der Waals surface area contributed by atoms with E-state index in [0.29, 0.717) is 30.2 Å². The van der Waals surface area contributed by atoms with Gasteiger partial charge in [-0.05, 0) is 56.2 Å². The Balaban J connectivity index is 1.22. The zero-order chi connectivity index (χ0) is 22.6. The van der Waals surface area contributed by atoms with Crippen molar-refractivity contribution in [2.24, 2.45) is 5.92 Å². The van der Waals surface area contributed by atoms with E-state index < -0.39 is 0 Å². The van der Waals surface area contributed by atoms with Gasteiger partial charge in [0.1, 0.15) is 5.82 Å². The Morgan fingerprint density at radius 2 is 1.97 bits per heavy atom. The molecule has 9 nitrogen and oxygen atoms in total. The van der Waals surface area contributed by atoms with Gasteiger partial charge in [0.25, 0.3) is 0 Å². The van der Waals surface area contributed by atoms with Gasteiger partial charge in [-0.15, -0.1) is 0 Å². The van der Waals surface area contributed by atoms with E-state index in [2.05, 4.69) is 41.3 Å². The summed E-state index contributed by atoms with van der Waals surface area (Å²) < 4.78 is 2.07. The number of aromatic nitrogens is 5. The summed E-state index contributed by atoms with van der Waals surface area (Å²) in [5, 5.41) is 7.16. The van der Waals surface area contributed by atoms with Crippen LogP contribution in [-0.4, -0.2) is 43.1 Å². The summed E-state index contributed by atoms with van der Waals surface area (Å²) in [5.41, 5.74) is 1.83. The first-order valence-corrected chi connectivity index (χ1v) is 11.7. The third-order valence-electron chi connectivity index (χ3n) is 6.63. The van der Waals surface area contributed by atoms with Crippen molar-refractivity contribution in [1.29, 1.82) is 0 Å². The predicted octanol–water partition coefficient (Wildman–Crippen LogP) is 3.49. The first kappa shape index (κ1) is 20.4. The molecule has 3 fully saturated rings. The van der Waals surface area contributed by atoms with Crippen LogP contribution in [0.25, 0.3) is 0 Å². The largest absolute Gasteiger partial charge is 0.343 e. The second kappa shape index (κ2) is 7.69. The Kier molecular flexibility index (Phi) is 4.76. The van der Waals surface area contributed by atoms with Crippen LogP contribution in [-0.2, 0) is 12.1 Å². The SMILES string of the molecule is Cc1nc(NC2(c3cn(Cc4ccc(Cl)cc4)cn3)CC2)nc(N2C(=O)NCC2C2CC2)n1. The van der Waals surface area contributed by atoms with Gasteiger partial charge in [0, 0.05) is 24.3 Å². The molecule has 3 aromatic rings. The number of hydrogen-bond donors (Lipinski definition) is 2. The number of aryl methyl sites for hydroxylation is 1. The quantitative estimate of drug-likeness (QED) is 0.555. The number of halogens is 1. The smallest absolute Gasteiger partial charge is 0.324 e. The molecule has 3 aliphatic rings. The number of carbonyl (C=O) groups excluding carboxylic acids is 1. The fourth-order valence-corrected chi connectivity index (χ4v) is 4.65. The zero-order valence-corrected chi connectivity index (χ0v) is 19.1. The lowest BCUT2D eigenvalue weighted by atomic mass is 10.2. The number of amides is 2. The molecule has 2 aromatic heterocycles. The zero-order valence-electron chi connectivity index (χ0n) is 18.3. The number of rotatable bonds is 7. The monoisotopic (exact) mass is 464 g/mol. The van der Waals surface area contributed by atoms with E-state index >= 15 is 0 Å². The predicted molar refractivity (Wildman–Crippen MR) is 124 cm³/mol. The van der Waals surface area contributed by atoms with Gasteiger partial charge < -0.3 is 15.2 Å². The summed E-state index contributed by atoms with van der Waals surface area (Å²) in [6.07, 6.45) is 8.10. The van der Waals surface area contributed by atoms with E-state index in [0.717, 1.165) is 48.5 Å². The number of nitrogens with zero attached hydrogens (tertiary/aromatic N) is 6. The molecule has 33 heavy (non-hydrogen) atoms. The van der Waals surface area contributed by atoms with E-state index in [1.165, 1.54) is 0 Å². The molecule has 2 saturated carbocycles. The molecule has 1 aromatic carbocycles. The summed E-state index contributed by atoms with van der Waals surface area (Å²) >= 11 is 5.99. The molecule has 170 valence electrons. The number of hydrogen-bond acceptors (Lipinski definition) is 6. The fourth-order valence-electron chi connectivity index (χ4n) is 4.53. The highest BCUT2D eigenvalue weighted by atomic mass is 35.5. The highest BCUT2D eigenvalue weighted by molar-refractivity contribution is 6.30. The molecule has 10 heteroatoms. The lowest BCUT2D eigenvalue weighted by Gasteiger charge is -2.22. The Labute approximate surface area is 196 Å². The summed E-state index contributed by atoms with van der Waals surface area (Å²) in [4.78, 5) is 32.5. The standard InChI is InChI=1S/C23H25ClN8O/c1-14-27-20(29-21(28-14)32-18(16-4-5-16)10-25-22(32)33)30-23(8-9-23)19-12-31(13-26-19)11-15-2-6-17(24)7-3-15/h2-3,6-7,12-13,16,18H,4-5,8-11H2,1H3,(H,25,33)(H,27,28,29,30). The number of urea groups is 1. The molecule has 2 N–H and O–H groups in total. The highest BCUT2D eigenvalue weighted by Crippen LogP contribution is 2.47. The van der Waals surface area contributed by atoms with Crippen LogP contribution in [0.5, 0.6) is 0 Å². The third kappa shape index (κ3) is 4.01. The van der Waals surface area contributed by atoms with E-state index in [1.54, 1.807) is 4.90 Å². The van der Waals surface area contributed by atoms with Gasteiger partial charge in [0.2, 0.25) is 11.9 Å². The molecule has 2 aliphatic carbocycles. The van der Waals surface area contributed by atoms with Crippen LogP contribution in [0.1, 0.15) is 42.8 Å². The molecule has 2 amide bonds.